The Morgan fingerprint density at radius 3 is 2.24 bits per heavy atom. The molecule has 1 aromatic rings. The molecule has 6 heteroatoms. The Morgan fingerprint density at radius 2 is 1.71 bits per heavy atom. The van der Waals surface area contributed by atoms with Gasteiger partial charge in [-0.15, -0.1) is 23.2 Å². The predicted octanol–water partition coefficient (Wildman–Crippen LogP) is 3.18. The van der Waals surface area contributed by atoms with Gasteiger partial charge >= 0.3 is 0 Å². The maximum atomic E-state index is 12.2. The summed E-state index contributed by atoms with van der Waals surface area (Å²) in [5.74, 6) is -0.102. The van der Waals surface area contributed by atoms with Crippen LogP contribution in [-0.4, -0.2) is 46.2 Å². The van der Waals surface area contributed by atoms with Crippen molar-refractivity contribution in [3.63, 3.8) is 0 Å². The molecule has 0 N–H and O–H groups in total. The van der Waals surface area contributed by atoms with E-state index < -0.39 is 4.33 Å². The molecule has 1 aliphatic carbocycles. The molecule has 3 rings (SSSR count). The number of halogens is 3. The minimum atomic E-state index is -0.822. The van der Waals surface area contributed by atoms with Gasteiger partial charge in [-0.3, -0.25) is 9.69 Å². The van der Waals surface area contributed by atoms with E-state index in [1.54, 1.807) is 0 Å². The van der Waals surface area contributed by atoms with Gasteiger partial charge in [-0.2, -0.15) is 0 Å². The highest BCUT2D eigenvalue weighted by Gasteiger charge is 2.57. The number of hydrogen-bond donors (Lipinski definition) is 0. The summed E-state index contributed by atoms with van der Waals surface area (Å²) in [5, 5.41) is 0.754. The SMILES string of the molecule is O=C(C1CC1(Cl)Cl)N1CCN(Cc2ccc(Cl)cc2)CC1. The number of benzene rings is 1. The average molecular weight is 348 g/mol. The normalized spacial score (nSPS) is 24.9. The van der Waals surface area contributed by atoms with E-state index in [1.807, 2.05) is 29.2 Å². The summed E-state index contributed by atoms with van der Waals surface area (Å²) in [4.78, 5) is 16.4. The molecule has 1 aliphatic heterocycles. The van der Waals surface area contributed by atoms with Crippen molar-refractivity contribution in [1.29, 1.82) is 0 Å². The van der Waals surface area contributed by atoms with E-state index in [0.717, 1.165) is 37.7 Å². The summed E-state index contributed by atoms with van der Waals surface area (Å²) in [7, 11) is 0. The lowest BCUT2D eigenvalue weighted by Gasteiger charge is -2.35. The summed E-state index contributed by atoms with van der Waals surface area (Å²) in [6, 6.07) is 7.90. The van der Waals surface area contributed by atoms with Gasteiger partial charge in [0.1, 0.15) is 4.33 Å². The van der Waals surface area contributed by atoms with E-state index in [0.29, 0.717) is 6.42 Å². The second kappa shape index (κ2) is 5.96. The predicted molar refractivity (Wildman–Crippen MR) is 85.9 cm³/mol. The fourth-order valence-electron chi connectivity index (χ4n) is 2.68. The first-order chi connectivity index (χ1) is 9.95. The van der Waals surface area contributed by atoms with E-state index in [2.05, 4.69) is 4.90 Å². The van der Waals surface area contributed by atoms with Crippen LogP contribution in [0.5, 0.6) is 0 Å². The van der Waals surface area contributed by atoms with E-state index >= 15 is 0 Å². The van der Waals surface area contributed by atoms with E-state index in [-0.39, 0.29) is 11.8 Å². The van der Waals surface area contributed by atoms with Gasteiger partial charge < -0.3 is 4.90 Å². The topological polar surface area (TPSA) is 23.6 Å². The lowest BCUT2D eigenvalue weighted by atomic mass is 10.2. The Hall–Kier alpha value is -0.480. The maximum absolute atomic E-state index is 12.2. The van der Waals surface area contributed by atoms with Crippen LogP contribution >= 0.6 is 34.8 Å². The number of nitrogens with zero attached hydrogens (tertiary/aromatic N) is 2. The summed E-state index contributed by atoms with van der Waals surface area (Å²) in [5.41, 5.74) is 1.24. The lowest BCUT2D eigenvalue weighted by Crippen LogP contribution is -2.49. The molecule has 1 saturated carbocycles. The number of rotatable bonds is 3. The number of alkyl halides is 2. The Bertz CT molecular complexity index is 524. The molecule has 0 aromatic heterocycles. The number of carbonyl (C=O) groups excluding carboxylic acids is 1. The number of hydrogen-bond acceptors (Lipinski definition) is 2. The van der Waals surface area contributed by atoms with Crippen molar-refractivity contribution in [3.05, 3.63) is 34.9 Å². The summed E-state index contributed by atoms with van der Waals surface area (Å²) < 4.78 is -0.822. The standard InChI is InChI=1S/C15H17Cl3N2O/c16-12-3-1-11(2-4-12)10-19-5-7-20(8-6-19)14(21)13-9-15(13,17)18/h1-4,13H,5-10H2. The zero-order valence-corrected chi connectivity index (χ0v) is 13.8. The van der Waals surface area contributed by atoms with Crippen molar-refractivity contribution in [2.24, 2.45) is 5.92 Å². The monoisotopic (exact) mass is 346 g/mol. The largest absolute Gasteiger partial charge is 0.340 e. The van der Waals surface area contributed by atoms with E-state index in [9.17, 15) is 4.79 Å². The maximum Gasteiger partial charge on any atom is 0.228 e. The lowest BCUT2D eigenvalue weighted by molar-refractivity contribution is -0.134. The Morgan fingerprint density at radius 1 is 1.14 bits per heavy atom. The minimum Gasteiger partial charge on any atom is -0.340 e. The molecule has 1 saturated heterocycles. The van der Waals surface area contributed by atoms with Crippen LogP contribution in [0.25, 0.3) is 0 Å². The first-order valence-corrected chi connectivity index (χ1v) is 8.22. The highest BCUT2D eigenvalue weighted by atomic mass is 35.5. The van der Waals surface area contributed by atoms with Crippen molar-refractivity contribution in [1.82, 2.24) is 9.80 Å². The molecule has 2 aliphatic rings. The molecule has 1 unspecified atom stereocenters. The van der Waals surface area contributed by atoms with Crippen LogP contribution in [0.4, 0.5) is 0 Å². The van der Waals surface area contributed by atoms with Crippen LogP contribution in [0.2, 0.25) is 5.02 Å². The number of carbonyl (C=O) groups is 1. The minimum absolute atomic E-state index is 0.103. The van der Waals surface area contributed by atoms with Crippen molar-refractivity contribution in [3.8, 4) is 0 Å². The fraction of sp³-hybridized carbons (Fsp3) is 0.533. The van der Waals surface area contributed by atoms with Crippen LogP contribution in [0.1, 0.15) is 12.0 Å². The van der Waals surface area contributed by atoms with E-state index in [1.165, 1.54) is 5.56 Å². The van der Waals surface area contributed by atoms with Crippen molar-refractivity contribution in [2.75, 3.05) is 26.2 Å². The smallest absolute Gasteiger partial charge is 0.228 e. The highest BCUT2D eigenvalue weighted by molar-refractivity contribution is 6.52. The second-order valence-corrected chi connectivity index (χ2v) is 7.72. The molecule has 1 amide bonds. The van der Waals surface area contributed by atoms with Gasteiger partial charge in [0, 0.05) is 37.7 Å². The summed E-state index contributed by atoms with van der Waals surface area (Å²) in [6.45, 7) is 4.12. The van der Waals surface area contributed by atoms with Gasteiger partial charge in [0.15, 0.2) is 0 Å². The molecule has 21 heavy (non-hydrogen) atoms. The molecule has 1 heterocycles. The van der Waals surface area contributed by atoms with Crippen LogP contribution in [0.3, 0.4) is 0 Å². The average Bonchev–Trinajstić information content (AvgIpc) is 3.10. The van der Waals surface area contributed by atoms with Crippen molar-refractivity contribution in [2.45, 2.75) is 17.3 Å². The van der Waals surface area contributed by atoms with Gasteiger partial charge in [-0.1, -0.05) is 23.7 Å². The number of amides is 1. The Labute approximate surface area is 139 Å². The molecule has 0 radical (unpaired) electrons. The third-order valence-electron chi connectivity index (χ3n) is 4.13. The first-order valence-electron chi connectivity index (χ1n) is 7.09. The van der Waals surface area contributed by atoms with Gasteiger partial charge in [0.2, 0.25) is 5.91 Å². The Kier molecular flexibility index (Phi) is 4.37. The zero-order chi connectivity index (χ0) is 15.0. The molecule has 1 atom stereocenters. The fourth-order valence-corrected chi connectivity index (χ4v) is 3.30. The summed E-state index contributed by atoms with van der Waals surface area (Å²) in [6.07, 6.45) is 0.583. The molecule has 114 valence electrons. The Balaban J connectivity index is 1.49. The van der Waals surface area contributed by atoms with Crippen LogP contribution in [0.15, 0.2) is 24.3 Å². The van der Waals surface area contributed by atoms with Crippen molar-refractivity contribution < 1.29 is 4.79 Å². The van der Waals surface area contributed by atoms with Crippen molar-refractivity contribution >= 4 is 40.7 Å². The van der Waals surface area contributed by atoms with E-state index in [4.69, 9.17) is 34.8 Å². The van der Waals surface area contributed by atoms with Crippen LogP contribution in [-0.2, 0) is 11.3 Å². The molecular weight excluding hydrogens is 331 g/mol. The van der Waals surface area contributed by atoms with Crippen LogP contribution in [0, 0.1) is 5.92 Å². The third kappa shape index (κ3) is 3.65. The second-order valence-electron chi connectivity index (χ2n) is 5.75. The first kappa shape index (κ1) is 15.4. The van der Waals surface area contributed by atoms with Gasteiger partial charge in [-0.05, 0) is 24.1 Å². The molecule has 2 fully saturated rings. The zero-order valence-electron chi connectivity index (χ0n) is 11.6. The molecule has 3 nitrogen and oxygen atoms in total. The number of piperazine rings is 1. The quantitative estimate of drug-likeness (QED) is 0.784. The summed E-state index contributed by atoms with van der Waals surface area (Å²) >= 11 is 17.8. The molecular formula is C15H17Cl3N2O. The molecule has 0 spiro atoms. The van der Waals surface area contributed by atoms with Crippen LogP contribution < -0.4 is 0 Å². The van der Waals surface area contributed by atoms with Gasteiger partial charge in [0.25, 0.3) is 0 Å². The van der Waals surface area contributed by atoms with Gasteiger partial charge in [-0.25, -0.2) is 0 Å². The molecule has 1 aromatic carbocycles. The molecule has 0 bridgehead atoms. The third-order valence-corrected chi connectivity index (χ3v) is 5.21. The van der Waals surface area contributed by atoms with Gasteiger partial charge in [0.05, 0.1) is 5.92 Å². The highest BCUT2D eigenvalue weighted by Crippen LogP contribution is 2.53.